The average Bonchev–Trinajstić information content (AvgIpc) is 3.15. The van der Waals surface area contributed by atoms with E-state index in [4.69, 9.17) is 0 Å². The molecule has 0 heterocycles. The van der Waals surface area contributed by atoms with Crippen LogP contribution < -0.4 is 0 Å². The molecular weight excluding hydrogens is 601 g/mol. The third-order valence-corrected chi connectivity index (χ3v) is 10.4. The number of hydrogen-bond donors (Lipinski definition) is 0. The molecule has 0 aliphatic rings. The first-order chi connectivity index (χ1) is 24.5. The summed E-state index contributed by atoms with van der Waals surface area (Å²) >= 11 is 0. The van der Waals surface area contributed by atoms with Crippen molar-refractivity contribution in [3.8, 4) is 33.4 Å². The summed E-state index contributed by atoms with van der Waals surface area (Å²) in [4.78, 5) is 0. The molecule has 0 bridgehead atoms. The zero-order valence-corrected chi connectivity index (χ0v) is 28.4. The van der Waals surface area contributed by atoms with Gasteiger partial charge in [-0.05, 0) is 130 Å². The van der Waals surface area contributed by atoms with Crippen molar-refractivity contribution >= 4 is 66.0 Å². The zero-order chi connectivity index (χ0) is 33.9. The SMILES string of the molecule is C=Cc1cc(-c2ccc3c(-c4cc(C)cc(C)c4)c4ccccc4c(-c4ccc5c(ccc6ccccc65)c4)c3c2)c2ccccc2c1C=C. The van der Waals surface area contributed by atoms with Crippen LogP contribution in [0.5, 0.6) is 0 Å². The van der Waals surface area contributed by atoms with Gasteiger partial charge in [-0.1, -0.05) is 164 Å². The van der Waals surface area contributed by atoms with Gasteiger partial charge in [0.2, 0.25) is 0 Å². The molecule has 0 spiro atoms. The van der Waals surface area contributed by atoms with Gasteiger partial charge in [-0.25, -0.2) is 0 Å². The van der Waals surface area contributed by atoms with Crippen LogP contribution in [-0.4, -0.2) is 0 Å². The summed E-state index contributed by atoms with van der Waals surface area (Å²) in [5, 5.41) is 12.5. The Morgan fingerprint density at radius 2 is 0.940 bits per heavy atom. The number of rotatable bonds is 5. The predicted molar refractivity (Wildman–Crippen MR) is 220 cm³/mol. The third kappa shape index (κ3) is 4.68. The van der Waals surface area contributed by atoms with Gasteiger partial charge < -0.3 is 0 Å². The predicted octanol–water partition coefficient (Wildman–Crippen LogP) is 14.4. The standard InChI is InChI=1S/C50H36/c1-5-33-29-47(43-16-10-9-15-42(43)39(33)6-2)36-21-24-46-48(30-36)49(37-22-23-41-35(28-37)20-19-34-13-7-8-14-40(34)41)44-17-11-12-18-45(44)50(46)38-26-31(3)25-32(4)27-38/h5-30H,1-2H2,3-4H3. The minimum atomic E-state index is 1.09. The monoisotopic (exact) mass is 636 g/mol. The van der Waals surface area contributed by atoms with Gasteiger partial charge in [0, 0.05) is 0 Å². The molecule has 0 aromatic heterocycles. The molecule has 0 fully saturated rings. The Hall–Kier alpha value is -6.24. The fraction of sp³-hybridized carbons (Fsp3) is 0.0400. The van der Waals surface area contributed by atoms with E-state index in [9.17, 15) is 0 Å². The normalized spacial score (nSPS) is 11.6. The molecule has 0 aliphatic carbocycles. The maximum absolute atomic E-state index is 4.17. The lowest BCUT2D eigenvalue weighted by molar-refractivity contribution is 1.39. The Morgan fingerprint density at radius 1 is 0.380 bits per heavy atom. The lowest BCUT2D eigenvalue weighted by atomic mass is 9.83. The molecule has 0 aliphatic heterocycles. The lowest BCUT2D eigenvalue weighted by Crippen LogP contribution is -1.94. The summed E-state index contributed by atoms with van der Waals surface area (Å²) in [7, 11) is 0. The smallest absolute Gasteiger partial charge is 0.00259 e. The lowest BCUT2D eigenvalue weighted by Gasteiger charge is -2.20. The molecule has 0 N–H and O–H groups in total. The quantitative estimate of drug-likeness (QED) is 0.130. The Morgan fingerprint density at radius 3 is 1.66 bits per heavy atom. The van der Waals surface area contributed by atoms with Gasteiger partial charge in [-0.3, -0.25) is 0 Å². The van der Waals surface area contributed by atoms with E-state index >= 15 is 0 Å². The Labute approximate surface area is 293 Å². The van der Waals surface area contributed by atoms with Crippen molar-refractivity contribution < 1.29 is 0 Å². The Balaban J connectivity index is 1.42. The molecule has 0 nitrogen and oxygen atoms in total. The highest BCUT2D eigenvalue weighted by Crippen LogP contribution is 2.46. The number of fused-ring (bicyclic) bond motifs is 6. The number of benzene rings is 9. The summed E-state index contributed by atoms with van der Waals surface area (Å²) in [5.41, 5.74) is 12.1. The minimum absolute atomic E-state index is 1.09. The van der Waals surface area contributed by atoms with Gasteiger partial charge in [0.1, 0.15) is 0 Å². The number of aryl methyl sites for hydroxylation is 2. The molecule has 9 rings (SSSR count). The second kappa shape index (κ2) is 11.7. The Bertz CT molecular complexity index is 2840. The van der Waals surface area contributed by atoms with E-state index in [1.54, 1.807) is 0 Å². The first-order valence-electron chi connectivity index (χ1n) is 17.3. The molecule has 9 aromatic rings. The summed E-state index contributed by atoms with van der Waals surface area (Å²) in [5.74, 6) is 0. The van der Waals surface area contributed by atoms with E-state index in [0.717, 1.165) is 11.1 Å². The first kappa shape index (κ1) is 29.9. The summed E-state index contributed by atoms with van der Waals surface area (Å²) in [6, 6.07) is 54.1. The first-order valence-corrected chi connectivity index (χ1v) is 17.3. The minimum Gasteiger partial charge on any atom is -0.0984 e. The van der Waals surface area contributed by atoms with Crippen LogP contribution in [-0.2, 0) is 0 Å². The van der Waals surface area contributed by atoms with Crippen LogP contribution in [0.15, 0.2) is 159 Å². The van der Waals surface area contributed by atoms with Crippen molar-refractivity contribution in [3.63, 3.8) is 0 Å². The number of hydrogen-bond acceptors (Lipinski definition) is 0. The third-order valence-electron chi connectivity index (χ3n) is 10.4. The fourth-order valence-corrected chi connectivity index (χ4v) is 8.31. The van der Waals surface area contributed by atoms with Crippen LogP contribution in [0.1, 0.15) is 22.3 Å². The van der Waals surface area contributed by atoms with Gasteiger partial charge in [0.15, 0.2) is 0 Å². The van der Waals surface area contributed by atoms with Crippen molar-refractivity contribution in [2.75, 3.05) is 0 Å². The maximum atomic E-state index is 4.17. The topological polar surface area (TPSA) is 0 Å². The van der Waals surface area contributed by atoms with E-state index in [1.807, 2.05) is 12.2 Å². The van der Waals surface area contributed by atoms with Crippen LogP contribution in [0.3, 0.4) is 0 Å². The second-order valence-corrected chi connectivity index (χ2v) is 13.5. The van der Waals surface area contributed by atoms with Crippen LogP contribution in [0.4, 0.5) is 0 Å². The highest BCUT2D eigenvalue weighted by atomic mass is 14.2. The molecule has 0 saturated heterocycles. The second-order valence-electron chi connectivity index (χ2n) is 13.5. The molecule has 0 amide bonds. The molecule has 0 saturated carbocycles. The highest BCUT2D eigenvalue weighted by Gasteiger charge is 2.19. The van der Waals surface area contributed by atoms with Gasteiger partial charge in [0.05, 0.1) is 0 Å². The molecule has 0 unspecified atom stereocenters. The van der Waals surface area contributed by atoms with E-state index in [2.05, 4.69) is 173 Å². The molecule has 50 heavy (non-hydrogen) atoms. The largest absolute Gasteiger partial charge is 0.0984 e. The van der Waals surface area contributed by atoms with Crippen LogP contribution in [0.25, 0.3) is 99.4 Å². The van der Waals surface area contributed by atoms with E-state index < -0.39 is 0 Å². The average molecular weight is 637 g/mol. The molecular formula is C50H36. The molecule has 236 valence electrons. The van der Waals surface area contributed by atoms with Crippen molar-refractivity contribution in [2.24, 2.45) is 0 Å². The van der Waals surface area contributed by atoms with Crippen LogP contribution >= 0.6 is 0 Å². The van der Waals surface area contributed by atoms with Gasteiger partial charge in [-0.15, -0.1) is 0 Å². The van der Waals surface area contributed by atoms with Crippen molar-refractivity contribution in [1.82, 2.24) is 0 Å². The fourth-order valence-electron chi connectivity index (χ4n) is 8.31. The molecule has 0 radical (unpaired) electrons. The maximum Gasteiger partial charge on any atom is -0.00259 e. The molecule has 9 aromatic carbocycles. The van der Waals surface area contributed by atoms with Gasteiger partial charge in [-0.2, -0.15) is 0 Å². The van der Waals surface area contributed by atoms with E-state index in [1.165, 1.54) is 98.4 Å². The van der Waals surface area contributed by atoms with E-state index in [-0.39, 0.29) is 0 Å². The van der Waals surface area contributed by atoms with Gasteiger partial charge in [0.25, 0.3) is 0 Å². The highest BCUT2D eigenvalue weighted by molar-refractivity contribution is 6.23. The van der Waals surface area contributed by atoms with Crippen molar-refractivity contribution in [2.45, 2.75) is 13.8 Å². The summed E-state index contributed by atoms with van der Waals surface area (Å²) < 4.78 is 0. The summed E-state index contributed by atoms with van der Waals surface area (Å²) in [6.07, 6.45) is 3.90. The van der Waals surface area contributed by atoms with Crippen LogP contribution in [0, 0.1) is 13.8 Å². The summed E-state index contributed by atoms with van der Waals surface area (Å²) in [6.45, 7) is 12.7. The van der Waals surface area contributed by atoms with Crippen molar-refractivity contribution in [3.05, 3.63) is 181 Å². The molecule has 0 heteroatoms. The Kier molecular flexibility index (Phi) is 7.00. The van der Waals surface area contributed by atoms with Crippen molar-refractivity contribution in [1.29, 1.82) is 0 Å². The van der Waals surface area contributed by atoms with E-state index in [0.29, 0.717) is 0 Å². The van der Waals surface area contributed by atoms with Gasteiger partial charge >= 0.3 is 0 Å². The molecule has 0 atom stereocenters. The van der Waals surface area contributed by atoms with Crippen LogP contribution in [0.2, 0.25) is 0 Å². The zero-order valence-electron chi connectivity index (χ0n) is 28.4.